The number of H-pyrrole nitrogens is 1. The summed E-state index contributed by atoms with van der Waals surface area (Å²) in [6.07, 6.45) is 2.32. The fraction of sp³-hybridized carbons (Fsp3) is 0.667. The number of carbonyl (C=O) groups is 1. The van der Waals surface area contributed by atoms with Crippen LogP contribution in [-0.4, -0.2) is 40.7 Å². The van der Waals surface area contributed by atoms with Crippen LogP contribution in [0.15, 0.2) is 6.20 Å². The summed E-state index contributed by atoms with van der Waals surface area (Å²) in [4.78, 5) is 13.6. The molecule has 0 aliphatic carbocycles. The first-order valence-electron chi connectivity index (χ1n) is 5.99. The monoisotopic (exact) mass is 237 g/mol. The summed E-state index contributed by atoms with van der Waals surface area (Å²) < 4.78 is 5.85. The first-order valence-corrected chi connectivity index (χ1v) is 5.99. The number of hydrogen-bond acceptors (Lipinski definition) is 3. The van der Waals surface area contributed by atoms with Crippen LogP contribution >= 0.6 is 0 Å². The lowest BCUT2D eigenvalue weighted by molar-refractivity contribution is -0.150. The summed E-state index contributed by atoms with van der Waals surface area (Å²) in [7, 11) is 0. The minimum absolute atomic E-state index is 0.177. The Morgan fingerprint density at radius 1 is 1.71 bits per heavy atom. The molecule has 1 aliphatic heterocycles. The first-order chi connectivity index (χ1) is 8.07. The molecule has 1 aliphatic rings. The minimum Gasteiger partial charge on any atom is -0.365 e. The highest BCUT2D eigenvalue weighted by molar-refractivity contribution is 5.76. The van der Waals surface area contributed by atoms with E-state index >= 15 is 0 Å². The second-order valence-corrected chi connectivity index (χ2v) is 4.68. The molecule has 0 aromatic carbocycles. The van der Waals surface area contributed by atoms with E-state index in [1.807, 2.05) is 25.7 Å². The zero-order valence-electron chi connectivity index (χ0n) is 10.6. The Morgan fingerprint density at radius 3 is 3.06 bits per heavy atom. The van der Waals surface area contributed by atoms with Crippen LogP contribution in [0.3, 0.4) is 0 Å². The zero-order chi connectivity index (χ0) is 12.5. The van der Waals surface area contributed by atoms with Gasteiger partial charge in [0, 0.05) is 13.0 Å². The molecule has 5 nitrogen and oxygen atoms in total. The van der Waals surface area contributed by atoms with Crippen molar-refractivity contribution in [2.75, 3.05) is 19.7 Å². The fourth-order valence-electron chi connectivity index (χ4n) is 2.34. The van der Waals surface area contributed by atoms with Crippen LogP contribution in [0.4, 0.5) is 0 Å². The van der Waals surface area contributed by atoms with Crippen LogP contribution in [0, 0.1) is 6.92 Å². The standard InChI is InChI=1S/C12H19N3O2/c1-4-10(16)15-5-6-17-12(3,8-15)11-9(2)7-13-14-11/h7H,4-6,8H2,1-3H3,(H,13,14)/t12-/m0/s1. The van der Waals surface area contributed by atoms with Gasteiger partial charge >= 0.3 is 0 Å². The van der Waals surface area contributed by atoms with Crippen molar-refractivity contribution in [2.45, 2.75) is 32.8 Å². The molecule has 2 rings (SSSR count). The highest BCUT2D eigenvalue weighted by Gasteiger charge is 2.37. The maximum atomic E-state index is 11.8. The molecule has 0 bridgehead atoms. The molecule has 1 saturated heterocycles. The van der Waals surface area contributed by atoms with Crippen molar-refractivity contribution in [3.05, 3.63) is 17.5 Å². The van der Waals surface area contributed by atoms with Gasteiger partial charge in [-0.3, -0.25) is 9.89 Å². The van der Waals surface area contributed by atoms with Crippen LogP contribution in [0.25, 0.3) is 0 Å². The van der Waals surface area contributed by atoms with Crippen molar-refractivity contribution in [3.63, 3.8) is 0 Å². The van der Waals surface area contributed by atoms with E-state index < -0.39 is 5.60 Å². The van der Waals surface area contributed by atoms with E-state index in [0.717, 1.165) is 11.3 Å². The van der Waals surface area contributed by atoms with Crippen molar-refractivity contribution in [1.29, 1.82) is 0 Å². The maximum absolute atomic E-state index is 11.8. The molecule has 1 N–H and O–H groups in total. The smallest absolute Gasteiger partial charge is 0.222 e. The normalized spacial score (nSPS) is 25.0. The van der Waals surface area contributed by atoms with Crippen molar-refractivity contribution < 1.29 is 9.53 Å². The second-order valence-electron chi connectivity index (χ2n) is 4.68. The first kappa shape index (κ1) is 12.1. The number of amides is 1. The maximum Gasteiger partial charge on any atom is 0.222 e. The quantitative estimate of drug-likeness (QED) is 0.841. The van der Waals surface area contributed by atoms with Gasteiger partial charge in [-0.1, -0.05) is 6.92 Å². The molecule has 0 spiro atoms. The highest BCUT2D eigenvalue weighted by atomic mass is 16.5. The lowest BCUT2D eigenvalue weighted by Gasteiger charge is -2.40. The van der Waals surface area contributed by atoms with Gasteiger partial charge in [-0.15, -0.1) is 0 Å². The van der Waals surface area contributed by atoms with E-state index in [2.05, 4.69) is 10.2 Å². The number of ether oxygens (including phenoxy) is 1. The number of carbonyl (C=O) groups excluding carboxylic acids is 1. The van der Waals surface area contributed by atoms with Gasteiger partial charge in [0.25, 0.3) is 0 Å². The number of nitrogens with zero attached hydrogens (tertiary/aromatic N) is 2. The van der Waals surface area contributed by atoms with E-state index in [9.17, 15) is 4.79 Å². The number of hydrogen-bond donors (Lipinski definition) is 1. The molecule has 2 heterocycles. The topological polar surface area (TPSA) is 58.2 Å². The molecule has 1 amide bonds. The van der Waals surface area contributed by atoms with E-state index in [4.69, 9.17) is 4.74 Å². The Balaban J connectivity index is 2.21. The molecule has 0 saturated carbocycles. The van der Waals surface area contributed by atoms with Crippen molar-refractivity contribution in [2.24, 2.45) is 0 Å². The molecule has 5 heteroatoms. The molecule has 1 fully saturated rings. The van der Waals surface area contributed by atoms with Gasteiger partial charge in [-0.2, -0.15) is 5.10 Å². The SMILES string of the molecule is CCC(=O)N1CCO[C@](C)(c2[nH]ncc2C)C1. The number of aryl methyl sites for hydroxylation is 1. The summed E-state index contributed by atoms with van der Waals surface area (Å²) in [5, 5.41) is 7.00. The van der Waals surface area contributed by atoms with Crippen molar-refractivity contribution in [3.8, 4) is 0 Å². The average Bonchev–Trinajstić information content (AvgIpc) is 2.75. The van der Waals surface area contributed by atoms with E-state index in [1.165, 1.54) is 0 Å². The van der Waals surface area contributed by atoms with Crippen LogP contribution in [0.1, 0.15) is 31.5 Å². The average molecular weight is 237 g/mol. The third-order valence-electron chi connectivity index (χ3n) is 3.29. The van der Waals surface area contributed by atoms with Crippen molar-refractivity contribution >= 4 is 5.91 Å². The molecule has 0 unspecified atom stereocenters. The number of rotatable bonds is 2. The summed E-state index contributed by atoms with van der Waals surface area (Å²) in [6, 6.07) is 0. The van der Waals surface area contributed by atoms with Gasteiger partial charge < -0.3 is 9.64 Å². The Morgan fingerprint density at radius 2 is 2.47 bits per heavy atom. The van der Waals surface area contributed by atoms with Gasteiger partial charge in [0.05, 0.1) is 25.0 Å². The largest absolute Gasteiger partial charge is 0.365 e. The molecule has 1 aromatic heterocycles. The molecular weight excluding hydrogens is 218 g/mol. The van der Waals surface area contributed by atoms with Gasteiger partial charge in [0.2, 0.25) is 5.91 Å². The number of aromatic amines is 1. The zero-order valence-corrected chi connectivity index (χ0v) is 10.6. The Kier molecular flexibility index (Phi) is 3.19. The van der Waals surface area contributed by atoms with E-state index in [-0.39, 0.29) is 5.91 Å². The predicted octanol–water partition coefficient (Wildman–Crippen LogP) is 1.20. The van der Waals surface area contributed by atoms with Crippen LogP contribution in [0.2, 0.25) is 0 Å². The summed E-state index contributed by atoms with van der Waals surface area (Å²) in [5.41, 5.74) is 1.56. The molecule has 94 valence electrons. The summed E-state index contributed by atoms with van der Waals surface area (Å²) in [5.74, 6) is 0.177. The summed E-state index contributed by atoms with van der Waals surface area (Å²) in [6.45, 7) is 7.71. The van der Waals surface area contributed by atoms with Gasteiger partial charge in [-0.05, 0) is 19.4 Å². The van der Waals surface area contributed by atoms with Gasteiger partial charge in [0.1, 0.15) is 5.60 Å². The molecule has 1 aromatic rings. The number of aromatic nitrogens is 2. The highest BCUT2D eigenvalue weighted by Crippen LogP contribution is 2.30. The van der Waals surface area contributed by atoms with Crippen LogP contribution < -0.4 is 0 Å². The van der Waals surface area contributed by atoms with Gasteiger partial charge in [0.15, 0.2) is 0 Å². The Bertz CT molecular complexity index is 416. The lowest BCUT2D eigenvalue weighted by atomic mass is 9.97. The number of morpholine rings is 1. The van der Waals surface area contributed by atoms with E-state index in [0.29, 0.717) is 26.1 Å². The van der Waals surface area contributed by atoms with Gasteiger partial charge in [-0.25, -0.2) is 0 Å². The fourth-order valence-corrected chi connectivity index (χ4v) is 2.34. The Labute approximate surface area is 101 Å². The minimum atomic E-state index is -0.469. The predicted molar refractivity (Wildman–Crippen MR) is 63.5 cm³/mol. The molecular formula is C12H19N3O2. The second kappa shape index (κ2) is 4.49. The van der Waals surface area contributed by atoms with Crippen LogP contribution in [0.5, 0.6) is 0 Å². The Hall–Kier alpha value is -1.36. The molecule has 0 radical (unpaired) electrons. The van der Waals surface area contributed by atoms with Crippen molar-refractivity contribution in [1.82, 2.24) is 15.1 Å². The van der Waals surface area contributed by atoms with Crippen LogP contribution in [-0.2, 0) is 15.1 Å². The lowest BCUT2D eigenvalue weighted by Crippen LogP contribution is -2.50. The third kappa shape index (κ3) is 2.20. The third-order valence-corrected chi connectivity index (χ3v) is 3.29. The molecule has 1 atom stereocenters. The van der Waals surface area contributed by atoms with E-state index in [1.54, 1.807) is 6.20 Å². The molecule has 17 heavy (non-hydrogen) atoms. The number of nitrogens with one attached hydrogen (secondary N) is 1. The summed E-state index contributed by atoms with van der Waals surface area (Å²) >= 11 is 0.